The second-order valence-electron chi connectivity index (χ2n) is 7.24. The molecule has 0 amide bonds. The average molecular weight is 292 g/mol. The maximum atomic E-state index is 5.74. The number of aromatic nitrogens is 2. The molecule has 5 heteroatoms. The van der Waals surface area contributed by atoms with Gasteiger partial charge in [-0.2, -0.15) is 0 Å². The Kier molecular flexibility index (Phi) is 4.33. The van der Waals surface area contributed by atoms with E-state index >= 15 is 0 Å². The molecule has 3 heterocycles. The van der Waals surface area contributed by atoms with Crippen molar-refractivity contribution in [2.75, 3.05) is 32.8 Å². The molecule has 1 aromatic heterocycles. The van der Waals surface area contributed by atoms with Crippen LogP contribution in [0.25, 0.3) is 0 Å². The van der Waals surface area contributed by atoms with Crippen molar-refractivity contribution in [2.45, 2.75) is 51.1 Å². The quantitative estimate of drug-likeness (QED) is 0.873. The second kappa shape index (κ2) is 6.07. The lowest BCUT2D eigenvalue weighted by Crippen LogP contribution is -2.49. The fourth-order valence-electron chi connectivity index (χ4n) is 3.31. The van der Waals surface area contributed by atoms with Gasteiger partial charge in [-0.1, -0.05) is 20.8 Å². The Labute approximate surface area is 127 Å². The molecule has 0 saturated carbocycles. The van der Waals surface area contributed by atoms with Crippen LogP contribution in [0, 0.1) is 0 Å². The minimum Gasteiger partial charge on any atom is -0.378 e. The van der Waals surface area contributed by atoms with E-state index in [9.17, 15) is 0 Å². The van der Waals surface area contributed by atoms with E-state index in [1.54, 1.807) is 0 Å². The van der Waals surface area contributed by atoms with Gasteiger partial charge in [-0.3, -0.25) is 4.90 Å². The first-order chi connectivity index (χ1) is 10.1. The lowest BCUT2D eigenvalue weighted by Gasteiger charge is -2.41. The lowest BCUT2D eigenvalue weighted by molar-refractivity contribution is -0.0387. The van der Waals surface area contributed by atoms with Crippen molar-refractivity contribution in [1.82, 2.24) is 20.2 Å². The van der Waals surface area contributed by atoms with Gasteiger partial charge in [-0.25, -0.2) is 4.98 Å². The second-order valence-corrected chi connectivity index (χ2v) is 7.24. The van der Waals surface area contributed by atoms with Crippen LogP contribution in [0.3, 0.4) is 0 Å². The molecule has 1 atom stereocenters. The molecule has 0 aliphatic carbocycles. The van der Waals surface area contributed by atoms with Crippen LogP contribution in [0.5, 0.6) is 0 Å². The van der Waals surface area contributed by atoms with E-state index in [1.807, 2.05) is 6.20 Å². The number of nitrogens with zero attached hydrogens (tertiary/aromatic N) is 2. The number of morpholine rings is 1. The fraction of sp³-hybridized carbons (Fsp3) is 0.812. The van der Waals surface area contributed by atoms with Crippen LogP contribution in [-0.2, 0) is 10.2 Å². The molecule has 2 fully saturated rings. The number of imidazole rings is 1. The van der Waals surface area contributed by atoms with Crippen molar-refractivity contribution >= 4 is 0 Å². The van der Waals surface area contributed by atoms with Gasteiger partial charge in [0, 0.05) is 29.9 Å². The van der Waals surface area contributed by atoms with E-state index in [0.29, 0.717) is 6.04 Å². The minimum absolute atomic E-state index is 0.111. The summed E-state index contributed by atoms with van der Waals surface area (Å²) in [4.78, 5) is 10.8. The summed E-state index contributed by atoms with van der Waals surface area (Å²) < 4.78 is 5.74. The van der Waals surface area contributed by atoms with E-state index in [0.717, 1.165) is 38.7 Å². The van der Waals surface area contributed by atoms with Gasteiger partial charge in [-0.05, 0) is 25.9 Å². The van der Waals surface area contributed by atoms with Gasteiger partial charge in [0.2, 0.25) is 0 Å². The van der Waals surface area contributed by atoms with Crippen molar-refractivity contribution < 1.29 is 4.74 Å². The summed E-state index contributed by atoms with van der Waals surface area (Å²) in [7, 11) is 0. The SMILES string of the molecule is CC(C)(C)c1cnc(C2COCCN2C2CCNCC2)[nH]1. The van der Waals surface area contributed by atoms with Crippen molar-refractivity contribution in [2.24, 2.45) is 0 Å². The van der Waals surface area contributed by atoms with Gasteiger partial charge in [0.15, 0.2) is 0 Å². The topological polar surface area (TPSA) is 53.2 Å². The number of rotatable bonds is 2. The molecule has 118 valence electrons. The zero-order valence-electron chi connectivity index (χ0n) is 13.5. The van der Waals surface area contributed by atoms with E-state index in [1.165, 1.54) is 18.5 Å². The molecular weight excluding hydrogens is 264 g/mol. The summed E-state index contributed by atoms with van der Waals surface area (Å²) in [5.41, 5.74) is 1.31. The molecule has 2 N–H and O–H groups in total. The lowest BCUT2D eigenvalue weighted by atomic mass is 9.93. The number of hydrogen-bond donors (Lipinski definition) is 2. The van der Waals surface area contributed by atoms with Crippen LogP contribution >= 0.6 is 0 Å². The van der Waals surface area contributed by atoms with Gasteiger partial charge in [0.05, 0.1) is 19.3 Å². The molecule has 2 aliphatic rings. The van der Waals surface area contributed by atoms with Gasteiger partial charge < -0.3 is 15.0 Å². The fourth-order valence-corrected chi connectivity index (χ4v) is 3.31. The average Bonchev–Trinajstić information content (AvgIpc) is 2.98. The standard InChI is InChI=1S/C16H28N4O/c1-16(2,3)14-10-18-15(19-14)13-11-21-9-8-20(13)12-4-6-17-7-5-12/h10,12-13,17H,4-9,11H2,1-3H3,(H,18,19). The third kappa shape index (κ3) is 3.30. The third-order valence-electron chi connectivity index (χ3n) is 4.67. The monoisotopic (exact) mass is 292 g/mol. The van der Waals surface area contributed by atoms with E-state index in [-0.39, 0.29) is 11.5 Å². The van der Waals surface area contributed by atoms with Crippen LogP contribution in [0.4, 0.5) is 0 Å². The van der Waals surface area contributed by atoms with Crippen LogP contribution in [0.15, 0.2) is 6.20 Å². The third-order valence-corrected chi connectivity index (χ3v) is 4.67. The zero-order chi connectivity index (χ0) is 14.9. The van der Waals surface area contributed by atoms with Gasteiger partial charge in [0.1, 0.15) is 5.82 Å². The predicted molar refractivity (Wildman–Crippen MR) is 83.4 cm³/mol. The van der Waals surface area contributed by atoms with Crippen molar-refractivity contribution in [3.05, 3.63) is 17.7 Å². The highest BCUT2D eigenvalue weighted by atomic mass is 16.5. The Morgan fingerprint density at radius 3 is 2.71 bits per heavy atom. The van der Waals surface area contributed by atoms with E-state index < -0.39 is 0 Å². The van der Waals surface area contributed by atoms with E-state index in [2.05, 4.69) is 41.0 Å². The number of nitrogens with one attached hydrogen (secondary N) is 2. The Hall–Kier alpha value is -0.910. The van der Waals surface area contributed by atoms with Crippen molar-refractivity contribution in [3.8, 4) is 0 Å². The van der Waals surface area contributed by atoms with Gasteiger partial charge >= 0.3 is 0 Å². The number of H-pyrrole nitrogens is 1. The molecule has 0 radical (unpaired) electrons. The minimum atomic E-state index is 0.111. The van der Waals surface area contributed by atoms with Crippen molar-refractivity contribution in [3.63, 3.8) is 0 Å². The number of aromatic amines is 1. The highest BCUT2D eigenvalue weighted by Gasteiger charge is 2.33. The number of piperidine rings is 1. The number of hydrogen-bond acceptors (Lipinski definition) is 4. The molecule has 1 aromatic rings. The Bertz CT molecular complexity index is 459. The largest absolute Gasteiger partial charge is 0.378 e. The molecule has 3 rings (SSSR count). The maximum Gasteiger partial charge on any atom is 0.126 e. The molecule has 2 saturated heterocycles. The summed E-state index contributed by atoms with van der Waals surface area (Å²) in [6, 6.07) is 0.932. The summed E-state index contributed by atoms with van der Waals surface area (Å²) in [6.07, 6.45) is 4.44. The molecule has 2 aliphatic heterocycles. The first-order valence-corrected chi connectivity index (χ1v) is 8.15. The highest BCUT2D eigenvalue weighted by Crippen LogP contribution is 2.29. The normalized spacial score (nSPS) is 26.1. The molecule has 1 unspecified atom stereocenters. The Morgan fingerprint density at radius 2 is 2.05 bits per heavy atom. The smallest absolute Gasteiger partial charge is 0.126 e. The summed E-state index contributed by atoms with van der Waals surface area (Å²) in [6.45, 7) is 11.5. The molecular formula is C16H28N4O. The predicted octanol–water partition coefficient (Wildman–Crippen LogP) is 1.83. The summed E-state index contributed by atoms with van der Waals surface area (Å²) in [5, 5.41) is 3.45. The molecule has 0 aromatic carbocycles. The zero-order valence-corrected chi connectivity index (χ0v) is 13.5. The molecule has 5 nitrogen and oxygen atoms in total. The summed E-state index contributed by atoms with van der Waals surface area (Å²) in [5.74, 6) is 1.07. The first kappa shape index (κ1) is 15.0. The first-order valence-electron chi connectivity index (χ1n) is 8.15. The molecule has 0 spiro atoms. The summed E-state index contributed by atoms with van der Waals surface area (Å²) >= 11 is 0. The number of ether oxygens (including phenoxy) is 1. The molecule has 21 heavy (non-hydrogen) atoms. The van der Waals surface area contributed by atoms with Crippen LogP contribution < -0.4 is 5.32 Å². The van der Waals surface area contributed by atoms with E-state index in [4.69, 9.17) is 4.74 Å². The van der Waals surface area contributed by atoms with Crippen LogP contribution in [0.2, 0.25) is 0 Å². The van der Waals surface area contributed by atoms with Gasteiger partial charge in [0.25, 0.3) is 0 Å². The van der Waals surface area contributed by atoms with Crippen LogP contribution in [-0.4, -0.2) is 53.8 Å². The van der Waals surface area contributed by atoms with Crippen LogP contribution in [0.1, 0.15) is 51.2 Å². The Balaban J connectivity index is 1.78. The van der Waals surface area contributed by atoms with Gasteiger partial charge in [-0.15, -0.1) is 0 Å². The highest BCUT2D eigenvalue weighted by molar-refractivity contribution is 5.14. The molecule has 0 bridgehead atoms. The maximum absolute atomic E-state index is 5.74. The van der Waals surface area contributed by atoms with Crippen molar-refractivity contribution in [1.29, 1.82) is 0 Å². The Morgan fingerprint density at radius 1 is 1.29 bits per heavy atom.